The minimum atomic E-state index is -0.371. The molecule has 2 aliphatic rings. The van der Waals surface area contributed by atoms with Gasteiger partial charge in [-0.15, -0.1) is 12.4 Å². The third-order valence-corrected chi connectivity index (χ3v) is 3.93. The number of nitrogens with zero attached hydrogens (tertiary/aromatic N) is 3. The van der Waals surface area contributed by atoms with E-state index in [0.29, 0.717) is 5.96 Å². The zero-order chi connectivity index (χ0) is 14.2. The molecule has 0 aromatic heterocycles. The Morgan fingerprint density at radius 1 is 1.14 bits per heavy atom. The van der Waals surface area contributed by atoms with Gasteiger partial charge in [-0.2, -0.15) is 4.99 Å². The summed E-state index contributed by atoms with van der Waals surface area (Å²) in [7, 11) is 1.65. The summed E-state index contributed by atoms with van der Waals surface area (Å²) in [5.74, 6) is 1.49. The fourth-order valence-electron chi connectivity index (χ4n) is 3.05. The molecule has 0 radical (unpaired) electrons. The lowest BCUT2D eigenvalue weighted by molar-refractivity contribution is 0.414. The monoisotopic (exact) mass is 309 g/mol. The molecule has 1 aromatic carbocycles. The fourth-order valence-corrected chi connectivity index (χ4v) is 3.05. The number of guanidine groups is 2. The molecule has 3 rings (SSSR count). The van der Waals surface area contributed by atoms with E-state index in [1.54, 1.807) is 7.11 Å². The van der Waals surface area contributed by atoms with Gasteiger partial charge in [-0.05, 0) is 49.9 Å². The molecule has 4 N–H and O–H groups in total. The minimum Gasteiger partial charge on any atom is -0.497 e. The number of nitrogens with two attached hydrogens (primary N) is 2. The summed E-state index contributed by atoms with van der Waals surface area (Å²) in [6.07, 6.45) is 4.12. The molecular formula is C14H20ClN5O. The maximum atomic E-state index is 6.11. The van der Waals surface area contributed by atoms with Crippen LogP contribution in [-0.4, -0.2) is 24.7 Å². The van der Waals surface area contributed by atoms with E-state index >= 15 is 0 Å². The number of hydrogen-bond donors (Lipinski definition) is 2. The van der Waals surface area contributed by atoms with Gasteiger partial charge in [-0.3, -0.25) is 4.90 Å². The van der Waals surface area contributed by atoms with E-state index in [1.807, 2.05) is 29.2 Å². The maximum Gasteiger partial charge on any atom is 0.220 e. The van der Waals surface area contributed by atoms with Crippen LogP contribution in [0, 0.1) is 0 Å². The maximum absolute atomic E-state index is 6.11. The van der Waals surface area contributed by atoms with Gasteiger partial charge >= 0.3 is 0 Å². The first-order valence-electron chi connectivity index (χ1n) is 6.78. The molecule has 7 heteroatoms. The number of anilines is 1. The fraction of sp³-hybridized carbons (Fsp3) is 0.429. The summed E-state index contributed by atoms with van der Waals surface area (Å²) in [5.41, 5.74) is 12.5. The highest BCUT2D eigenvalue weighted by molar-refractivity contribution is 6.05. The van der Waals surface area contributed by atoms with Crippen molar-refractivity contribution in [1.29, 1.82) is 0 Å². The third kappa shape index (κ3) is 2.63. The van der Waals surface area contributed by atoms with Crippen molar-refractivity contribution < 1.29 is 4.74 Å². The van der Waals surface area contributed by atoms with Gasteiger partial charge in [0, 0.05) is 5.69 Å². The standard InChI is InChI=1S/C14H19N5O.ClH/c1-20-11-6-4-10(5-7-11)19-13(16)17-12(15)18-14(19)8-2-3-9-14;/h4-7H,2-3,8-9H2,1H3,(H4,15,16,17,18);1H. The summed E-state index contributed by atoms with van der Waals surface area (Å²) in [5, 5.41) is 0. The number of benzene rings is 1. The summed E-state index contributed by atoms with van der Waals surface area (Å²) < 4.78 is 5.19. The van der Waals surface area contributed by atoms with Crippen molar-refractivity contribution in [3.8, 4) is 5.75 Å². The average Bonchev–Trinajstić information content (AvgIpc) is 2.87. The molecule has 1 aliphatic carbocycles. The predicted molar refractivity (Wildman–Crippen MR) is 87.2 cm³/mol. The molecule has 21 heavy (non-hydrogen) atoms. The van der Waals surface area contributed by atoms with Gasteiger partial charge < -0.3 is 16.2 Å². The van der Waals surface area contributed by atoms with E-state index in [1.165, 1.54) is 0 Å². The molecule has 114 valence electrons. The van der Waals surface area contributed by atoms with Crippen molar-refractivity contribution in [3.05, 3.63) is 24.3 Å². The summed E-state index contributed by atoms with van der Waals surface area (Å²) in [6.45, 7) is 0. The number of methoxy groups -OCH3 is 1. The van der Waals surface area contributed by atoms with Gasteiger partial charge in [0.15, 0.2) is 0 Å². The highest BCUT2D eigenvalue weighted by atomic mass is 35.5. The molecule has 0 saturated heterocycles. The Morgan fingerprint density at radius 3 is 2.33 bits per heavy atom. The molecule has 0 unspecified atom stereocenters. The van der Waals surface area contributed by atoms with Crippen LogP contribution in [0.5, 0.6) is 5.75 Å². The lowest BCUT2D eigenvalue weighted by atomic mass is 10.1. The van der Waals surface area contributed by atoms with Gasteiger partial charge in [0.1, 0.15) is 11.4 Å². The van der Waals surface area contributed by atoms with Gasteiger partial charge in [0.25, 0.3) is 0 Å². The van der Waals surface area contributed by atoms with Crippen molar-refractivity contribution in [2.45, 2.75) is 31.3 Å². The summed E-state index contributed by atoms with van der Waals surface area (Å²) in [6, 6.07) is 7.76. The van der Waals surface area contributed by atoms with Crippen LogP contribution in [0.25, 0.3) is 0 Å². The number of rotatable bonds is 2. The zero-order valence-corrected chi connectivity index (χ0v) is 12.8. The predicted octanol–water partition coefficient (Wildman–Crippen LogP) is 1.84. The second kappa shape index (κ2) is 5.81. The van der Waals surface area contributed by atoms with E-state index in [2.05, 4.69) is 9.98 Å². The first-order chi connectivity index (χ1) is 9.64. The Hall–Kier alpha value is -1.95. The minimum absolute atomic E-state index is 0. The van der Waals surface area contributed by atoms with Crippen LogP contribution in [0.3, 0.4) is 0 Å². The van der Waals surface area contributed by atoms with Crippen LogP contribution in [-0.2, 0) is 0 Å². The first kappa shape index (κ1) is 15.4. The molecule has 1 aliphatic heterocycles. The third-order valence-electron chi connectivity index (χ3n) is 3.93. The summed E-state index contributed by atoms with van der Waals surface area (Å²) >= 11 is 0. The van der Waals surface area contributed by atoms with Gasteiger partial charge in [0.2, 0.25) is 11.9 Å². The number of aliphatic imine (C=N–C) groups is 2. The van der Waals surface area contributed by atoms with E-state index in [4.69, 9.17) is 16.2 Å². The molecule has 6 nitrogen and oxygen atoms in total. The van der Waals surface area contributed by atoms with Crippen LogP contribution in [0.15, 0.2) is 34.3 Å². The van der Waals surface area contributed by atoms with Crippen LogP contribution in [0.4, 0.5) is 5.69 Å². The van der Waals surface area contributed by atoms with Crippen LogP contribution >= 0.6 is 12.4 Å². The molecular weight excluding hydrogens is 290 g/mol. The molecule has 1 aromatic rings. The van der Waals surface area contributed by atoms with Crippen LogP contribution in [0.1, 0.15) is 25.7 Å². The Kier molecular flexibility index (Phi) is 4.27. The van der Waals surface area contributed by atoms with E-state index in [0.717, 1.165) is 37.1 Å². The second-order valence-corrected chi connectivity index (χ2v) is 5.16. The topological polar surface area (TPSA) is 89.2 Å². The Morgan fingerprint density at radius 2 is 1.76 bits per heavy atom. The molecule has 1 spiro atoms. The molecule has 1 fully saturated rings. The normalized spacial score (nSPS) is 19.8. The average molecular weight is 310 g/mol. The van der Waals surface area contributed by atoms with Crippen molar-refractivity contribution in [1.82, 2.24) is 0 Å². The van der Waals surface area contributed by atoms with Gasteiger partial charge in [-0.25, -0.2) is 4.99 Å². The van der Waals surface area contributed by atoms with Crippen LogP contribution in [0.2, 0.25) is 0 Å². The molecule has 0 atom stereocenters. The van der Waals surface area contributed by atoms with Gasteiger partial charge in [-0.1, -0.05) is 0 Å². The van der Waals surface area contributed by atoms with Crippen molar-refractivity contribution >= 4 is 30.0 Å². The molecule has 0 bridgehead atoms. The smallest absolute Gasteiger partial charge is 0.220 e. The number of hydrogen-bond acceptors (Lipinski definition) is 6. The van der Waals surface area contributed by atoms with Crippen LogP contribution < -0.4 is 21.1 Å². The summed E-state index contributed by atoms with van der Waals surface area (Å²) in [4.78, 5) is 10.7. The quantitative estimate of drug-likeness (QED) is 0.872. The largest absolute Gasteiger partial charge is 0.497 e. The van der Waals surface area contributed by atoms with E-state index < -0.39 is 0 Å². The second-order valence-electron chi connectivity index (χ2n) is 5.16. The molecule has 1 heterocycles. The molecule has 1 saturated carbocycles. The lowest BCUT2D eigenvalue weighted by Crippen LogP contribution is -2.56. The van der Waals surface area contributed by atoms with Crippen molar-refractivity contribution in [3.63, 3.8) is 0 Å². The lowest BCUT2D eigenvalue weighted by Gasteiger charge is -2.41. The first-order valence-corrected chi connectivity index (χ1v) is 6.78. The van der Waals surface area contributed by atoms with E-state index in [9.17, 15) is 0 Å². The Labute approximate surface area is 130 Å². The van der Waals surface area contributed by atoms with Gasteiger partial charge in [0.05, 0.1) is 7.11 Å². The highest BCUT2D eigenvalue weighted by Gasteiger charge is 2.43. The number of ether oxygens (including phenoxy) is 1. The highest BCUT2D eigenvalue weighted by Crippen LogP contribution is 2.40. The zero-order valence-electron chi connectivity index (χ0n) is 12.0. The van der Waals surface area contributed by atoms with Crippen molar-refractivity contribution in [2.75, 3.05) is 12.0 Å². The molecule has 0 amide bonds. The Bertz CT molecular complexity index is 563. The van der Waals surface area contributed by atoms with E-state index in [-0.39, 0.29) is 24.0 Å². The number of halogens is 1. The Balaban J connectivity index is 0.00000161. The SMILES string of the molecule is COc1ccc(N2C(N)=NC(N)=NC23CCCC3)cc1.Cl. The van der Waals surface area contributed by atoms with Crippen molar-refractivity contribution in [2.24, 2.45) is 21.5 Å².